The predicted octanol–water partition coefficient (Wildman–Crippen LogP) is 0.807. The minimum atomic E-state index is 0.356. The van der Waals surface area contributed by atoms with Gasteiger partial charge in [-0.05, 0) is 18.6 Å². The molecule has 1 aromatic rings. The lowest BCUT2D eigenvalue weighted by molar-refractivity contribution is 0.0783. The van der Waals surface area contributed by atoms with Crippen LogP contribution in [-0.4, -0.2) is 31.3 Å². The predicted molar refractivity (Wildman–Crippen MR) is 56.4 cm³/mol. The second-order valence-corrected chi connectivity index (χ2v) is 3.66. The molecule has 0 amide bonds. The Morgan fingerprint density at radius 1 is 1.57 bits per heavy atom. The van der Waals surface area contributed by atoms with Crippen molar-refractivity contribution < 1.29 is 4.74 Å². The molecule has 2 heterocycles. The summed E-state index contributed by atoms with van der Waals surface area (Å²) in [6.07, 6.45) is 2.07. The van der Waals surface area contributed by atoms with Gasteiger partial charge >= 0.3 is 0 Å². The molecule has 4 nitrogen and oxygen atoms in total. The van der Waals surface area contributed by atoms with Crippen molar-refractivity contribution in [3.05, 3.63) is 17.8 Å². The van der Waals surface area contributed by atoms with Crippen LogP contribution in [0.3, 0.4) is 0 Å². The van der Waals surface area contributed by atoms with Gasteiger partial charge in [0.25, 0.3) is 0 Å². The summed E-state index contributed by atoms with van der Waals surface area (Å²) in [5.41, 5.74) is 7.52. The maximum Gasteiger partial charge on any atom is 0.129 e. The van der Waals surface area contributed by atoms with Crippen LogP contribution in [0.4, 0.5) is 11.5 Å². The lowest BCUT2D eigenvalue weighted by Gasteiger charge is -2.39. The molecule has 76 valence electrons. The molecule has 2 rings (SSSR count). The molecule has 0 spiro atoms. The van der Waals surface area contributed by atoms with E-state index in [1.165, 1.54) is 0 Å². The fraction of sp³-hybridized carbons (Fsp3) is 0.500. The van der Waals surface area contributed by atoms with Crippen LogP contribution in [0.25, 0.3) is 0 Å². The smallest absolute Gasteiger partial charge is 0.129 e. The minimum Gasteiger partial charge on any atom is -0.397 e. The van der Waals surface area contributed by atoms with Gasteiger partial charge in [0.15, 0.2) is 0 Å². The molecule has 0 bridgehead atoms. The van der Waals surface area contributed by atoms with Crippen LogP contribution >= 0.6 is 0 Å². The average Bonchev–Trinajstić information content (AvgIpc) is 2.09. The third kappa shape index (κ3) is 1.53. The van der Waals surface area contributed by atoms with Crippen LogP contribution in [0.2, 0.25) is 0 Å². The van der Waals surface area contributed by atoms with Crippen molar-refractivity contribution in [3.8, 4) is 0 Å². The Kier molecular flexibility index (Phi) is 2.29. The highest BCUT2D eigenvalue weighted by molar-refractivity contribution is 5.53. The first-order valence-corrected chi connectivity index (χ1v) is 4.70. The number of pyridine rings is 1. The second-order valence-electron chi connectivity index (χ2n) is 3.66. The number of methoxy groups -OCH3 is 1. The van der Waals surface area contributed by atoms with Crippen molar-refractivity contribution in [3.63, 3.8) is 0 Å². The fourth-order valence-electron chi connectivity index (χ4n) is 1.50. The molecule has 1 aromatic heterocycles. The Hall–Kier alpha value is -1.29. The van der Waals surface area contributed by atoms with Crippen molar-refractivity contribution >= 4 is 11.5 Å². The first kappa shape index (κ1) is 9.27. The summed E-state index contributed by atoms with van der Waals surface area (Å²) in [6.45, 7) is 3.84. The lowest BCUT2D eigenvalue weighted by Crippen LogP contribution is -2.52. The van der Waals surface area contributed by atoms with Crippen molar-refractivity contribution in [1.29, 1.82) is 0 Å². The maximum atomic E-state index is 5.70. The van der Waals surface area contributed by atoms with Gasteiger partial charge in [0.1, 0.15) is 5.82 Å². The zero-order valence-electron chi connectivity index (χ0n) is 8.53. The maximum absolute atomic E-state index is 5.70. The highest BCUT2D eigenvalue weighted by Crippen LogP contribution is 2.22. The number of nitrogens with zero attached hydrogens (tertiary/aromatic N) is 2. The molecular formula is C10H15N3O. The van der Waals surface area contributed by atoms with Crippen molar-refractivity contribution in [1.82, 2.24) is 4.98 Å². The van der Waals surface area contributed by atoms with E-state index in [9.17, 15) is 0 Å². The van der Waals surface area contributed by atoms with Gasteiger partial charge in [-0.2, -0.15) is 0 Å². The van der Waals surface area contributed by atoms with Crippen LogP contribution in [0.15, 0.2) is 12.3 Å². The van der Waals surface area contributed by atoms with Gasteiger partial charge in [-0.25, -0.2) is 4.98 Å². The first-order chi connectivity index (χ1) is 6.70. The Bertz CT molecular complexity index is 334. The molecule has 1 aliphatic rings. The number of aryl methyl sites for hydroxylation is 1. The Morgan fingerprint density at radius 2 is 2.29 bits per heavy atom. The molecule has 1 saturated heterocycles. The van der Waals surface area contributed by atoms with E-state index in [2.05, 4.69) is 9.88 Å². The number of nitrogens with two attached hydrogens (primary N) is 1. The Balaban J connectivity index is 2.08. The highest BCUT2D eigenvalue weighted by Gasteiger charge is 2.27. The van der Waals surface area contributed by atoms with Crippen LogP contribution in [0.1, 0.15) is 5.56 Å². The van der Waals surface area contributed by atoms with E-state index in [0.29, 0.717) is 6.10 Å². The van der Waals surface area contributed by atoms with E-state index in [4.69, 9.17) is 10.5 Å². The Labute approximate surface area is 83.7 Å². The molecular weight excluding hydrogens is 178 g/mol. The molecule has 0 aromatic carbocycles. The molecule has 0 aliphatic carbocycles. The molecule has 1 aliphatic heterocycles. The number of rotatable bonds is 2. The van der Waals surface area contributed by atoms with E-state index >= 15 is 0 Å². The summed E-state index contributed by atoms with van der Waals surface area (Å²) in [6, 6.07) is 2.02. The number of aromatic nitrogens is 1. The van der Waals surface area contributed by atoms with Gasteiger partial charge in [0, 0.05) is 20.2 Å². The third-order valence-electron chi connectivity index (χ3n) is 2.64. The van der Waals surface area contributed by atoms with Gasteiger partial charge in [-0.1, -0.05) is 0 Å². The fourth-order valence-corrected chi connectivity index (χ4v) is 1.50. The summed E-state index contributed by atoms with van der Waals surface area (Å²) in [5.74, 6) is 0.991. The number of ether oxygens (including phenoxy) is 1. The number of hydrogen-bond donors (Lipinski definition) is 1. The van der Waals surface area contributed by atoms with Crippen molar-refractivity contribution in [2.75, 3.05) is 30.8 Å². The van der Waals surface area contributed by atoms with Crippen LogP contribution < -0.4 is 10.6 Å². The molecule has 14 heavy (non-hydrogen) atoms. The highest BCUT2D eigenvalue weighted by atomic mass is 16.5. The summed E-state index contributed by atoms with van der Waals surface area (Å²) in [7, 11) is 1.74. The average molecular weight is 193 g/mol. The van der Waals surface area contributed by atoms with Crippen LogP contribution in [-0.2, 0) is 4.74 Å². The zero-order valence-corrected chi connectivity index (χ0v) is 8.53. The van der Waals surface area contributed by atoms with E-state index < -0.39 is 0 Å². The van der Waals surface area contributed by atoms with Gasteiger partial charge in [-0.3, -0.25) is 0 Å². The van der Waals surface area contributed by atoms with Gasteiger partial charge < -0.3 is 15.4 Å². The standard InChI is InChI=1S/C10H15N3O/c1-7-3-10(12-4-9(7)11)13-5-8(6-13)14-2/h3-4,8H,5-6,11H2,1-2H3. The van der Waals surface area contributed by atoms with Gasteiger partial charge in [0.2, 0.25) is 0 Å². The van der Waals surface area contributed by atoms with E-state index in [0.717, 1.165) is 30.2 Å². The molecule has 0 radical (unpaired) electrons. The quantitative estimate of drug-likeness (QED) is 0.755. The van der Waals surface area contributed by atoms with E-state index in [1.807, 2.05) is 13.0 Å². The van der Waals surface area contributed by atoms with Crippen molar-refractivity contribution in [2.24, 2.45) is 0 Å². The number of hydrogen-bond acceptors (Lipinski definition) is 4. The molecule has 2 N–H and O–H groups in total. The molecule has 0 atom stereocenters. The molecule has 0 saturated carbocycles. The van der Waals surface area contributed by atoms with E-state index in [-0.39, 0.29) is 0 Å². The summed E-state index contributed by atoms with van der Waals surface area (Å²) < 4.78 is 5.20. The van der Waals surface area contributed by atoms with Gasteiger partial charge in [0.05, 0.1) is 18.0 Å². The normalized spacial score (nSPS) is 16.9. The second kappa shape index (κ2) is 3.46. The van der Waals surface area contributed by atoms with Crippen LogP contribution in [0, 0.1) is 6.92 Å². The SMILES string of the molecule is COC1CN(c2cc(C)c(N)cn2)C1. The van der Waals surface area contributed by atoms with Crippen molar-refractivity contribution in [2.45, 2.75) is 13.0 Å². The zero-order chi connectivity index (χ0) is 10.1. The summed E-state index contributed by atoms with van der Waals surface area (Å²) >= 11 is 0. The molecule has 4 heteroatoms. The number of nitrogen functional groups attached to an aromatic ring is 1. The van der Waals surface area contributed by atoms with Crippen LogP contribution in [0.5, 0.6) is 0 Å². The van der Waals surface area contributed by atoms with E-state index in [1.54, 1.807) is 13.3 Å². The molecule has 1 fully saturated rings. The Morgan fingerprint density at radius 3 is 2.86 bits per heavy atom. The number of anilines is 2. The summed E-state index contributed by atoms with van der Waals surface area (Å²) in [5, 5.41) is 0. The molecule has 0 unspecified atom stereocenters. The largest absolute Gasteiger partial charge is 0.397 e. The lowest BCUT2D eigenvalue weighted by atomic mass is 10.1. The monoisotopic (exact) mass is 193 g/mol. The first-order valence-electron chi connectivity index (χ1n) is 4.70. The third-order valence-corrected chi connectivity index (χ3v) is 2.64. The topological polar surface area (TPSA) is 51.4 Å². The van der Waals surface area contributed by atoms with Gasteiger partial charge in [-0.15, -0.1) is 0 Å². The minimum absolute atomic E-state index is 0.356. The summed E-state index contributed by atoms with van der Waals surface area (Å²) in [4.78, 5) is 6.46.